The first-order valence-electron chi connectivity index (χ1n) is 13.1. The predicted octanol–water partition coefficient (Wildman–Crippen LogP) is 2.06. The van der Waals surface area contributed by atoms with Gasteiger partial charge in [-0.2, -0.15) is 0 Å². The van der Waals surface area contributed by atoms with Crippen LogP contribution in [0.3, 0.4) is 0 Å². The molecule has 5 rings (SSSR count). The summed E-state index contributed by atoms with van der Waals surface area (Å²) in [4.78, 5) is 43.1. The Balaban J connectivity index is 1.09. The minimum Gasteiger partial charge on any atom is -0.494 e. The summed E-state index contributed by atoms with van der Waals surface area (Å²) in [6.07, 6.45) is 1.60. The van der Waals surface area contributed by atoms with Crippen LogP contribution >= 0.6 is 0 Å². The molecule has 0 aliphatic carbocycles. The Hall–Kier alpha value is -3.43. The molecule has 3 amide bonds. The van der Waals surface area contributed by atoms with Crippen LogP contribution in [0, 0.1) is 0 Å². The van der Waals surface area contributed by atoms with Gasteiger partial charge in [0.2, 0.25) is 11.8 Å². The van der Waals surface area contributed by atoms with E-state index in [0.29, 0.717) is 25.1 Å². The molecule has 0 bridgehead atoms. The maximum Gasteiger partial charge on any atom is 0.255 e. The Morgan fingerprint density at radius 1 is 1.08 bits per heavy atom. The molecule has 2 fully saturated rings. The third-order valence-electron chi connectivity index (χ3n) is 7.52. The number of carbonyl (C=O) groups excluding carboxylic acids is 3. The van der Waals surface area contributed by atoms with Crippen molar-refractivity contribution in [2.75, 3.05) is 44.2 Å². The van der Waals surface area contributed by atoms with Crippen molar-refractivity contribution in [1.82, 2.24) is 15.1 Å². The molecule has 3 heterocycles. The third-order valence-corrected chi connectivity index (χ3v) is 7.52. The number of nitrogens with zero attached hydrogens (tertiary/aromatic N) is 3. The number of hydrogen-bond acceptors (Lipinski definition) is 7. The number of fused-ring (bicyclic) bond motifs is 1. The molecule has 2 aromatic carbocycles. The molecule has 0 aromatic heterocycles. The van der Waals surface area contributed by atoms with Crippen molar-refractivity contribution in [3.63, 3.8) is 0 Å². The molecule has 9 heteroatoms. The second-order valence-corrected chi connectivity index (χ2v) is 10.1. The smallest absolute Gasteiger partial charge is 0.255 e. The van der Waals surface area contributed by atoms with E-state index in [4.69, 9.17) is 10.5 Å². The zero-order chi connectivity index (χ0) is 25.9. The van der Waals surface area contributed by atoms with Gasteiger partial charge in [-0.05, 0) is 61.2 Å². The number of anilines is 1. The fraction of sp³-hybridized carbons (Fsp3) is 0.464. The lowest BCUT2D eigenvalue weighted by Crippen LogP contribution is -2.52. The molecule has 196 valence electrons. The van der Waals surface area contributed by atoms with Crippen molar-refractivity contribution in [2.24, 2.45) is 5.73 Å². The second kappa shape index (κ2) is 10.9. The first kappa shape index (κ1) is 25.2. The first-order valence-corrected chi connectivity index (χ1v) is 13.1. The normalized spacial score (nSPS) is 21.1. The maximum atomic E-state index is 12.9. The summed E-state index contributed by atoms with van der Waals surface area (Å²) < 4.78 is 5.93. The fourth-order valence-electron chi connectivity index (χ4n) is 5.35. The number of nitrogens with two attached hydrogens (primary N) is 1. The average molecular weight is 506 g/mol. The number of carbonyl (C=O) groups is 3. The molecule has 9 nitrogen and oxygen atoms in total. The lowest BCUT2D eigenvalue weighted by molar-refractivity contribution is -0.136. The van der Waals surface area contributed by atoms with Crippen LogP contribution in [0.5, 0.6) is 5.75 Å². The van der Waals surface area contributed by atoms with Crippen molar-refractivity contribution in [2.45, 2.75) is 44.8 Å². The van der Waals surface area contributed by atoms with E-state index in [1.54, 1.807) is 4.90 Å². The molecule has 0 radical (unpaired) electrons. The SMILES string of the molecule is CC(N)c1cccc(OCCCN2CCN(c3ccc4c(c3)CN(C3CCC(=O)NC3=O)C4=O)CC2)c1. The number of rotatable bonds is 8. The van der Waals surface area contributed by atoms with Gasteiger partial charge in [0.25, 0.3) is 5.91 Å². The van der Waals surface area contributed by atoms with E-state index in [1.807, 2.05) is 43.3 Å². The first-order chi connectivity index (χ1) is 17.9. The minimum absolute atomic E-state index is 0.00437. The van der Waals surface area contributed by atoms with Gasteiger partial charge < -0.3 is 20.3 Å². The van der Waals surface area contributed by atoms with Gasteiger partial charge in [-0.3, -0.25) is 24.6 Å². The summed E-state index contributed by atoms with van der Waals surface area (Å²) in [7, 11) is 0. The molecule has 2 saturated heterocycles. The number of amides is 3. The van der Waals surface area contributed by atoms with E-state index in [-0.39, 0.29) is 30.2 Å². The van der Waals surface area contributed by atoms with E-state index in [1.165, 1.54) is 0 Å². The van der Waals surface area contributed by atoms with Crippen LogP contribution in [-0.4, -0.2) is 72.9 Å². The molecule has 3 aliphatic heterocycles. The molecule has 2 aromatic rings. The van der Waals surface area contributed by atoms with Gasteiger partial charge in [0, 0.05) is 63.0 Å². The van der Waals surface area contributed by atoms with Gasteiger partial charge in [-0.15, -0.1) is 0 Å². The summed E-state index contributed by atoms with van der Waals surface area (Å²) in [5.41, 5.74) is 9.74. The van der Waals surface area contributed by atoms with Crippen LogP contribution in [0.25, 0.3) is 0 Å². The summed E-state index contributed by atoms with van der Waals surface area (Å²) in [5.74, 6) is 0.0855. The quantitative estimate of drug-likeness (QED) is 0.418. The summed E-state index contributed by atoms with van der Waals surface area (Å²) >= 11 is 0. The van der Waals surface area contributed by atoms with Crippen LogP contribution in [-0.2, 0) is 16.1 Å². The number of hydrogen-bond donors (Lipinski definition) is 2. The minimum atomic E-state index is -0.582. The molecular weight excluding hydrogens is 470 g/mol. The van der Waals surface area contributed by atoms with Gasteiger partial charge >= 0.3 is 0 Å². The summed E-state index contributed by atoms with van der Waals surface area (Å²) in [6, 6.07) is 13.4. The highest BCUT2D eigenvalue weighted by Crippen LogP contribution is 2.31. The standard InChI is InChI=1S/C28H35N5O4/c1-19(29)20-4-2-5-23(17-20)37-15-3-10-31-11-13-32(14-12-31)22-6-7-24-21(16-22)18-33(28(24)36)25-8-9-26(34)30-27(25)35/h2,4-7,16-17,19,25H,3,8-15,18,29H2,1H3,(H,30,34,35). The van der Waals surface area contributed by atoms with Gasteiger partial charge in [-0.25, -0.2) is 0 Å². The van der Waals surface area contributed by atoms with Gasteiger partial charge in [0.05, 0.1) is 6.61 Å². The molecule has 2 unspecified atom stereocenters. The van der Waals surface area contributed by atoms with Crippen molar-refractivity contribution in [1.29, 1.82) is 0 Å². The molecular formula is C28H35N5O4. The van der Waals surface area contributed by atoms with E-state index in [2.05, 4.69) is 21.2 Å². The molecule has 0 saturated carbocycles. The zero-order valence-corrected chi connectivity index (χ0v) is 21.3. The van der Waals surface area contributed by atoms with Crippen LogP contribution in [0.2, 0.25) is 0 Å². The van der Waals surface area contributed by atoms with Crippen LogP contribution in [0.4, 0.5) is 5.69 Å². The molecule has 0 spiro atoms. The largest absolute Gasteiger partial charge is 0.494 e. The molecule has 3 aliphatic rings. The molecule has 2 atom stereocenters. The third kappa shape index (κ3) is 5.62. The average Bonchev–Trinajstić information content (AvgIpc) is 3.22. The Labute approximate surface area is 217 Å². The maximum absolute atomic E-state index is 12.9. The molecule has 3 N–H and O–H groups in total. The van der Waals surface area contributed by atoms with E-state index >= 15 is 0 Å². The number of imide groups is 1. The van der Waals surface area contributed by atoms with Gasteiger partial charge in [0.1, 0.15) is 11.8 Å². The van der Waals surface area contributed by atoms with Crippen LogP contribution in [0.15, 0.2) is 42.5 Å². The van der Waals surface area contributed by atoms with Crippen LogP contribution in [0.1, 0.15) is 53.7 Å². The second-order valence-electron chi connectivity index (χ2n) is 10.1. The number of piperidine rings is 1. The summed E-state index contributed by atoms with van der Waals surface area (Å²) in [5, 5.41) is 2.36. The van der Waals surface area contributed by atoms with E-state index in [9.17, 15) is 14.4 Å². The Morgan fingerprint density at radius 2 is 1.89 bits per heavy atom. The lowest BCUT2D eigenvalue weighted by atomic mass is 10.0. The number of ether oxygens (including phenoxy) is 1. The monoisotopic (exact) mass is 505 g/mol. The number of piperazine rings is 1. The number of nitrogens with one attached hydrogen (secondary N) is 1. The Morgan fingerprint density at radius 3 is 2.65 bits per heavy atom. The number of benzene rings is 2. The Kier molecular flexibility index (Phi) is 7.43. The highest BCUT2D eigenvalue weighted by atomic mass is 16.5. The van der Waals surface area contributed by atoms with Gasteiger partial charge in [0.15, 0.2) is 0 Å². The van der Waals surface area contributed by atoms with E-state index in [0.717, 1.165) is 61.7 Å². The van der Waals surface area contributed by atoms with Crippen molar-refractivity contribution in [3.05, 3.63) is 59.2 Å². The molecule has 37 heavy (non-hydrogen) atoms. The summed E-state index contributed by atoms with van der Waals surface area (Å²) in [6.45, 7) is 7.81. The van der Waals surface area contributed by atoms with Gasteiger partial charge in [-0.1, -0.05) is 12.1 Å². The van der Waals surface area contributed by atoms with Crippen molar-refractivity contribution in [3.8, 4) is 5.75 Å². The van der Waals surface area contributed by atoms with Crippen LogP contribution < -0.4 is 20.7 Å². The fourth-order valence-corrected chi connectivity index (χ4v) is 5.35. The van der Waals surface area contributed by atoms with Crippen molar-refractivity contribution < 1.29 is 19.1 Å². The topological polar surface area (TPSA) is 108 Å². The Bertz CT molecular complexity index is 1170. The highest BCUT2D eigenvalue weighted by molar-refractivity contribution is 6.05. The van der Waals surface area contributed by atoms with E-state index < -0.39 is 6.04 Å². The highest BCUT2D eigenvalue weighted by Gasteiger charge is 2.39. The zero-order valence-electron chi connectivity index (χ0n) is 21.3. The lowest BCUT2D eigenvalue weighted by Gasteiger charge is -2.36. The predicted molar refractivity (Wildman–Crippen MR) is 140 cm³/mol. The van der Waals surface area contributed by atoms with Crippen molar-refractivity contribution >= 4 is 23.4 Å².